The van der Waals surface area contributed by atoms with E-state index in [1.807, 2.05) is 48.4 Å². The van der Waals surface area contributed by atoms with Gasteiger partial charge in [0.25, 0.3) is 11.8 Å². The maximum atomic E-state index is 13.2. The Balaban J connectivity index is 1.50. The summed E-state index contributed by atoms with van der Waals surface area (Å²) in [6.45, 7) is 7.07. The van der Waals surface area contributed by atoms with Crippen LogP contribution in [0.15, 0.2) is 29.1 Å². The highest BCUT2D eigenvalue weighted by Gasteiger charge is 2.28. The predicted molar refractivity (Wildman–Crippen MR) is 128 cm³/mol. The number of aromatic amines is 1. The number of hydrogen-bond donors (Lipinski definition) is 2. The third-order valence-electron chi connectivity index (χ3n) is 6.30. The van der Waals surface area contributed by atoms with Gasteiger partial charge in [0, 0.05) is 59.8 Å². The molecule has 0 atom stereocenters. The van der Waals surface area contributed by atoms with E-state index in [1.165, 1.54) is 0 Å². The van der Waals surface area contributed by atoms with E-state index in [4.69, 9.17) is 0 Å². The lowest BCUT2D eigenvalue weighted by Gasteiger charge is -2.32. The van der Waals surface area contributed by atoms with E-state index in [2.05, 4.69) is 27.2 Å². The minimum Gasteiger partial charge on any atom is -0.358 e. The number of likely N-dealkylation sites (N-methyl/N-ethyl adjacent to an activating group) is 1. The average molecular weight is 448 g/mol. The number of benzene rings is 1. The number of anilines is 1. The minimum absolute atomic E-state index is 0.0519. The number of amides is 2. The Morgan fingerprint density at radius 2 is 1.97 bits per heavy atom. The first-order chi connectivity index (χ1) is 15.4. The number of aryl methyl sites for hydroxylation is 1. The van der Waals surface area contributed by atoms with Crippen molar-refractivity contribution >= 4 is 40.5 Å². The van der Waals surface area contributed by atoms with Crippen molar-refractivity contribution in [3.63, 3.8) is 0 Å². The van der Waals surface area contributed by atoms with Gasteiger partial charge in [0.2, 0.25) is 0 Å². The maximum absolute atomic E-state index is 13.2. The van der Waals surface area contributed by atoms with E-state index in [0.717, 1.165) is 65.6 Å². The third kappa shape index (κ3) is 3.55. The molecule has 2 amide bonds. The van der Waals surface area contributed by atoms with Crippen LogP contribution >= 0.6 is 11.3 Å². The number of thiazole rings is 1. The molecular formula is C24H25N5O2S. The third-order valence-corrected chi connectivity index (χ3v) is 6.89. The molecule has 0 radical (unpaired) electrons. The molecule has 0 unspecified atom stereocenters. The number of carbonyl (C=O) groups excluding carboxylic acids is 2. The molecule has 0 aliphatic carbocycles. The van der Waals surface area contributed by atoms with Crippen LogP contribution in [0.25, 0.3) is 22.9 Å². The molecule has 0 spiro atoms. The first kappa shape index (κ1) is 20.7. The topological polar surface area (TPSA) is 81.3 Å². The van der Waals surface area contributed by atoms with E-state index in [0.29, 0.717) is 11.1 Å². The van der Waals surface area contributed by atoms with Crippen LogP contribution in [0.1, 0.15) is 32.9 Å². The molecular weight excluding hydrogens is 422 g/mol. The second kappa shape index (κ2) is 8.03. The number of fused-ring (bicyclic) bond motifs is 1. The van der Waals surface area contributed by atoms with Crippen molar-refractivity contribution in [2.75, 3.05) is 38.5 Å². The van der Waals surface area contributed by atoms with Gasteiger partial charge < -0.3 is 20.1 Å². The van der Waals surface area contributed by atoms with Crippen LogP contribution in [0.4, 0.5) is 5.69 Å². The normalized spacial score (nSPS) is 17.7. The van der Waals surface area contributed by atoms with Gasteiger partial charge in [-0.1, -0.05) is 6.07 Å². The van der Waals surface area contributed by atoms with Crippen LogP contribution < -0.4 is 5.32 Å². The highest BCUT2D eigenvalue weighted by Crippen LogP contribution is 2.37. The molecule has 4 heterocycles. The first-order valence-corrected chi connectivity index (χ1v) is 11.6. The maximum Gasteiger partial charge on any atom is 0.256 e. The summed E-state index contributed by atoms with van der Waals surface area (Å²) in [5.74, 6) is -0.0925. The second-order valence-corrected chi connectivity index (χ2v) is 9.12. The fourth-order valence-electron chi connectivity index (χ4n) is 4.40. The Bertz CT molecular complexity index is 1230. The summed E-state index contributed by atoms with van der Waals surface area (Å²) >= 11 is 1.54. The number of hydrogen-bond acceptors (Lipinski definition) is 5. The number of nitrogens with one attached hydrogen (secondary N) is 2. The van der Waals surface area contributed by atoms with Crippen LogP contribution in [-0.2, 0) is 4.79 Å². The summed E-state index contributed by atoms with van der Waals surface area (Å²) in [5.41, 5.74) is 9.07. The molecule has 3 aromatic rings. The van der Waals surface area contributed by atoms with Crippen LogP contribution in [0, 0.1) is 13.8 Å². The molecule has 1 saturated heterocycles. The van der Waals surface area contributed by atoms with Gasteiger partial charge >= 0.3 is 0 Å². The van der Waals surface area contributed by atoms with Crippen molar-refractivity contribution in [3.8, 4) is 11.3 Å². The summed E-state index contributed by atoms with van der Waals surface area (Å²) in [6, 6.07) is 5.88. The lowest BCUT2D eigenvalue weighted by Crippen LogP contribution is -2.47. The van der Waals surface area contributed by atoms with Gasteiger partial charge in [0.05, 0.1) is 22.3 Å². The number of H-pyrrole nitrogens is 1. The molecule has 1 aromatic carbocycles. The molecule has 5 rings (SSSR count). The molecule has 32 heavy (non-hydrogen) atoms. The highest BCUT2D eigenvalue weighted by molar-refractivity contribution is 7.07. The number of carbonyl (C=O) groups is 2. The first-order valence-electron chi connectivity index (χ1n) is 10.7. The smallest absolute Gasteiger partial charge is 0.256 e. The second-order valence-electron chi connectivity index (χ2n) is 8.41. The Labute approximate surface area is 190 Å². The zero-order valence-electron chi connectivity index (χ0n) is 18.4. The van der Waals surface area contributed by atoms with Crippen molar-refractivity contribution in [3.05, 3.63) is 57.2 Å². The lowest BCUT2D eigenvalue weighted by atomic mass is 10.0. The summed E-state index contributed by atoms with van der Waals surface area (Å²) in [5, 5.41) is 4.93. The van der Waals surface area contributed by atoms with Gasteiger partial charge in [-0.25, -0.2) is 4.98 Å². The Morgan fingerprint density at radius 3 is 2.69 bits per heavy atom. The van der Waals surface area contributed by atoms with Gasteiger partial charge in [0.1, 0.15) is 0 Å². The number of rotatable bonds is 3. The van der Waals surface area contributed by atoms with Crippen molar-refractivity contribution in [1.82, 2.24) is 19.8 Å². The van der Waals surface area contributed by atoms with Gasteiger partial charge in [-0.3, -0.25) is 9.59 Å². The van der Waals surface area contributed by atoms with E-state index >= 15 is 0 Å². The minimum atomic E-state index is -0.144. The van der Waals surface area contributed by atoms with Crippen LogP contribution in [0.3, 0.4) is 0 Å². The Morgan fingerprint density at radius 1 is 1.19 bits per heavy atom. The number of nitrogens with zero attached hydrogens (tertiary/aromatic N) is 3. The zero-order valence-corrected chi connectivity index (χ0v) is 19.2. The van der Waals surface area contributed by atoms with E-state index < -0.39 is 0 Å². The van der Waals surface area contributed by atoms with Crippen molar-refractivity contribution in [2.24, 2.45) is 0 Å². The van der Waals surface area contributed by atoms with Gasteiger partial charge in [0.15, 0.2) is 0 Å². The molecule has 164 valence electrons. The Kier molecular flexibility index (Phi) is 5.19. The van der Waals surface area contributed by atoms with Crippen LogP contribution in [0.2, 0.25) is 0 Å². The van der Waals surface area contributed by atoms with Gasteiger partial charge in [-0.05, 0) is 44.7 Å². The van der Waals surface area contributed by atoms with Crippen molar-refractivity contribution in [1.29, 1.82) is 0 Å². The fourth-order valence-corrected chi connectivity index (χ4v) is 4.96. The zero-order chi connectivity index (χ0) is 22.4. The molecule has 1 fully saturated rings. The molecule has 0 bridgehead atoms. The van der Waals surface area contributed by atoms with Gasteiger partial charge in [-0.15, -0.1) is 11.3 Å². The SMILES string of the molecule is Cc1[nH]c(/C=C2\C(=O)Nc3ccc(-c4cscn4)cc32)c(C)c1C(=O)N1CCN(C)CC1. The highest BCUT2D eigenvalue weighted by atomic mass is 32.1. The van der Waals surface area contributed by atoms with Crippen molar-refractivity contribution in [2.45, 2.75) is 13.8 Å². The molecule has 2 aromatic heterocycles. The quantitative estimate of drug-likeness (QED) is 0.601. The molecule has 0 saturated carbocycles. The van der Waals surface area contributed by atoms with Gasteiger partial charge in [-0.2, -0.15) is 0 Å². The molecule has 8 heteroatoms. The van der Waals surface area contributed by atoms with Crippen LogP contribution in [-0.4, -0.2) is 64.8 Å². The number of piperazine rings is 1. The summed E-state index contributed by atoms with van der Waals surface area (Å²) in [7, 11) is 2.07. The summed E-state index contributed by atoms with van der Waals surface area (Å²) in [6.07, 6.45) is 1.86. The standard InChI is InChI=1S/C24H25N5O2S/c1-14-20(26-15(2)22(14)24(31)29-8-6-28(3)7-9-29)11-18-17-10-16(21-12-32-13-25-21)4-5-19(17)27-23(18)30/h4-5,10-13,26H,6-9H2,1-3H3,(H,27,30)/b18-11-. The Hall–Kier alpha value is -3.23. The largest absolute Gasteiger partial charge is 0.358 e. The molecule has 7 nitrogen and oxygen atoms in total. The monoisotopic (exact) mass is 447 g/mol. The number of aromatic nitrogens is 2. The predicted octanol–water partition coefficient (Wildman–Crippen LogP) is 3.64. The molecule has 2 aliphatic rings. The fraction of sp³-hybridized carbons (Fsp3) is 0.292. The molecule has 2 aliphatic heterocycles. The molecule has 2 N–H and O–H groups in total. The summed E-state index contributed by atoms with van der Waals surface area (Å²) < 4.78 is 0. The average Bonchev–Trinajstić information content (AvgIpc) is 3.48. The summed E-state index contributed by atoms with van der Waals surface area (Å²) in [4.78, 5) is 37.8. The van der Waals surface area contributed by atoms with E-state index in [1.54, 1.807) is 16.8 Å². The lowest BCUT2D eigenvalue weighted by molar-refractivity contribution is -0.110. The van der Waals surface area contributed by atoms with Crippen molar-refractivity contribution < 1.29 is 9.59 Å². The van der Waals surface area contributed by atoms with Crippen LogP contribution in [0.5, 0.6) is 0 Å². The van der Waals surface area contributed by atoms with E-state index in [9.17, 15) is 9.59 Å². The van der Waals surface area contributed by atoms with E-state index in [-0.39, 0.29) is 11.8 Å².